The lowest BCUT2D eigenvalue weighted by Crippen LogP contribution is -2.49. The van der Waals surface area contributed by atoms with Crippen LogP contribution in [0.15, 0.2) is 0 Å². The molecular weight excluding hydrogens is 210 g/mol. The zero-order chi connectivity index (χ0) is 12.1. The molecule has 2 unspecified atom stereocenters. The molecular formula is C14H29N3. The molecule has 1 aliphatic carbocycles. The van der Waals surface area contributed by atoms with Crippen LogP contribution in [-0.2, 0) is 0 Å². The van der Waals surface area contributed by atoms with E-state index in [4.69, 9.17) is 0 Å². The fourth-order valence-corrected chi connectivity index (χ4v) is 3.48. The molecule has 0 aromatic carbocycles. The highest BCUT2D eigenvalue weighted by molar-refractivity contribution is 4.85. The van der Waals surface area contributed by atoms with Crippen molar-refractivity contribution in [3.05, 3.63) is 0 Å². The third-order valence-corrected chi connectivity index (χ3v) is 4.53. The molecule has 1 aliphatic heterocycles. The molecule has 0 radical (unpaired) electrons. The molecule has 1 heterocycles. The number of piperazine rings is 1. The van der Waals surface area contributed by atoms with Gasteiger partial charge < -0.3 is 15.1 Å². The summed E-state index contributed by atoms with van der Waals surface area (Å²) in [6.45, 7) is 10.0. The molecule has 0 aromatic heterocycles. The fraction of sp³-hybridized carbons (Fsp3) is 1.00. The van der Waals surface area contributed by atoms with Gasteiger partial charge in [-0.3, -0.25) is 0 Å². The van der Waals surface area contributed by atoms with Crippen molar-refractivity contribution in [2.75, 3.05) is 46.3 Å². The highest BCUT2D eigenvalue weighted by Crippen LogP contribution is 2.26. The SMILES string of the molecule is CCCN1CCN(CC2CCCC2NC)CC1. The third-order valence-electron chi connectivity index (χ3n) is 4.53. The van der Waals surface area contributed by atoms with Crippen LogP contribution < -0.4 is 5.32 Å². The Labute approximate surface area is 107 Å². The zero-order valence-electron chi connectivity index (χ0n) is 11.6. The quantitative estimate of drug-likeness (QED) is 0.782. The molecule has 2 atom stereocenters. The summed E-state index contributed by atoms with van der Waals surface area (Å²) in [7, 11) is 2.13. The standard InChI is InChI=1S/C14H29N3/c1-3-7-16-8-10-17(11-9-16)12-13-5-4-6-14(13)15-2/h13-15H,3-12H2,1-2H3. The van der Waals surface area contributed by atoms with Gasteiger partial charge in [-0.05, 0) is 38.8 Å². The largest absolute Gasteiger partial charge is 0.317 e. The van der Waals surface area contributed by atoms with E-state index in [-0.39, 0.29) is 0 Å². The maximum Gasteiger partial charge on any atom is 0.0110 e. The predicted octanol–water partition coefficient (Wildman–Crippen LogP) is 1.40. The first kappa shape index (κ1) is 13.3. The smallest absolute Gasteiger partial charge is 0.0110 e. The Morgan fingerprint density at radius 1 is 1.06 bits per heavy atom. The predicted molar refractivity (Wildman–Crippen MR) is 73.4 cm³/mol. The second-order valence-electron chi connectivity index (χ2n) is 5.73. The third kappa shape index (κ3) is 3.67. The summed E-state index contributed by atoms with van der Waals surface area (Å²) in [4.78, 5) is 5.30. The Bertz CT molecular complexity index is 212. The molecule has 17 heavy (non-hydrogen) atoms. The lowest BCUT2D eigenvalue weighted by Gasteiger charge is -2.36. The van der Waals surface area contributed by atoms with Crippen molar-refractivity contribution in [3.63, 3.8) is 0 Å². The van der Waals surface area contributed by atoms with Crippen LogP contribution in [0.1, 0.15) is 32.6 Å². The van der Waals surface area contributed by atoms with Crippen LogP contribution in [0.5, 0.6) is 0 Å². The van der Waals surface area contributed by atoms with Crippen molar-refractivity contribution < 1.29 is 0 Å². The van der Waals surface area contributed by atoms with Gasteiger partial charge in [0.05, 0.1) is 0 Å². The van der Waals surface area contributed by atoms with Crippen LogP contribution in [0.3, 0.4) is 0 Å². The molecule has 0 bridgehead atoms. The van der Waals surface area contributed by atoms with Crippen molar-refractivity contribution in [3.8, 4) is 0 Å². The van der Waals surface area contributed by atoms with Crippen molar-refractivity contribution in [2.24, 2.45) is 5.92 Å². The minimum atomic E-state index is 0.781. The topological polar surface area (TPSA) is 18.5 Å². The Kier molecular flexibility index (Phi) is 5.26. The van der Waals surface area contributed by atoms with Gasteiger partial charge in [0.1, 0.15) is 0 Å². The monoisotopic (exact) mass is 239 g/mol. The van der Waals surface area contributed by atoms with Gasteiger partial charge in [0, 0.05) is 38.8 Å². The van der Waals surface area contributed by atoms with Crippen molar-refractivity contribution in [1.29, 1.82) is 0 Å². The molecule has 0 spiro atoms. The highest BCUT2D eigenvalue weighted by Gasteiger charge is 2.28. The Morgan fingerprint density at radius 3 is 2.41 bits per heavy atom. The van der Waals surface area contributed by atoms with E-state index < -0.39 is 0 Å². The van der Waals surface area contributed by atoms with E-state index in [0.29, 0.717) is 0 Å². The zero-order valence-corrected chi connectivity index (χ0v) is 11.6. The maximum atomic E-state index is 3.50. The molecule has 2 fully saturated rings. The number of nitrogens with one attached hydrogen (secondary N) is 1. The van der Waals surface area contributed by atoms with Crippen LogP contribution in [0.4, 0.5) is 0 Å². The van der Waals surface area contributed by atoms with E-state index in [2.05, 4.69) is 29.1 Å². The molecule has 1 saturated heterocycles. The average molecular weight is 239 g/mol. The van der Waals surface area contributed by atoms with Gasteiger partial charge in [0.15, 0.2) is 0 Å². The van der Waals surface area contributed by atoms with Gasteiger partial charge in [-0.25, -0.2) is 0 Å². The summed E-state index contributed by atoms with van der Waals surface area (Å²) in [6, 6.07) is 0.781. The molecule has 3 nitrogen and oxygen atoms in total. The van der Waals surface area contributed by atoms with Crippen LogP contribution >= 0.6 is 0 Å². The van der Waals surface area contributed by atoms with Crippen LogP contribution in [0.2, 0.25) is 0 Å². The second kappa shape index (κ2) is 6.72. The number of hydrogen-bond acceptors (Lipinski definition) is 3. The summed E-state index contributed by atoms with van der Waals surface area (Å²) in [5.41, 5.74) is 0. The average Bonchev–Trinajstić information content (AvgIpc) is 2.79. The molecule has 2 aliphatic rings. The highest BCUT2D eigenvalue weighted by atomic mass is 15.3. The summed E-state index contributed by atoms with van der Waals surface area (Å²) < 4.78 is 0. The van der Waals surface area contributed by atoms with Gasteiger partial charge in [0.2, 0.25) is 0 Å². The Hall–Kier alpha value is -0.120. The minimum absolute atomic E-state index is 0.781. The summed E-state index contributed by atoms with van der Waals surface area (Å²) >= 11 is 0. The van der Waals surface area contributed by atoms with Crippen molar-refractivity contribution >= 4 is 0 Å². The van der Waals surface area contributed by atoms with Gasteiger partial charge >= 0.3 is 0 Å². The Morgan fingerprint density at radius 2 is 1.76 bits per heavy atom. The lowest BCUT2D eigenvalue weighted by atomic mass is 10.0. The maximum absolute atomic E-state index is 3.50. The first-order chi connectivity index (χ1) is 8.33. The van der Waals surface area contributed by atoms with E-state index in [1.54, 1.807) is 0 Å². The van der Waals surface area contributed by atoms with E-state index >= 15 is 0 Å². The summed E-state index contributed by atoms with van der Waals surface area (Å²) in [5.74, 6) is 0.901. The Balaban J connectivity index is 1.70. The second-order valence-corrected chi connectivity index (χ2v) is 5.73. The minimum Gasteiger partial charge on any atom is -0.317 e. The van der Waals surface area contributed by atoms with Crippen LogP contribution in [-0.4, -0.2) is 62.2 Å². The lowest BCUT2D eigenvalue weighted by molar-refractivity contribution is 0.114. The molecule has 100 valence electrons. The van der Waals surface area contributed by atoms with Crippen molar-refractivity contribution in [2.45, 2.75) is 38.6 Å². The van der Waals surface area contributed by atoms with Crippen molar-refractivity contribution in [1.82, 2.24) is 15.1 Å². The fourth-order valence-electron chi connectivity index (χ4n) is 3.48. The van der Waals surface area contributed by atoms with Crippen LogP contribution in [0.25, 0.3) is 0 Å². The van der Waals surface area contributed by atoms with E-state index in [0.717, 1.165) is 12.0 Å². The normalized spacial score (nSPS) is 32.1. The van der Waals surface area contributed by atoms with Gasteiger partial charge in [-0.2, -0.15) is 0 Å². The molecule has 0 aromatic rings. The van der Waals surface area contributed by atoms with E-state index in [9.17, 15) is 0 Å². The number of rotatable bonds is 5. The van der Waals surface area contributed by atoms with Gasteiger partial charge in [-0.1, -0.05) is 13.3 Å². The first-order valence-electron chi connectivity index (χ1n) is 7.45. The molecule has 0 amide bonds. The van der Waals surface area contributed by atoms with Gasteiger partial charge in [0.25, 0.3) is 0 Å². The molecule has 2 rings (SSSR count). The summed E-state index contributed by atoms with van der Waals surface area (Å²) in [6.07, 6.45) is 5.54. The molecule has 1 saturated carbocycles. The first-order valence-corrected chi connectivity index (χ1v) is 7.45. The number of nitrogens with zero attached hydrogens (tertiary/aromatic N) is 2. The number of hydrogen-bond donors (Lipinski definition) is 1. The summed E-state index contributed by atoms with van der Waals surface area (Å²) in [5, 5.41) is 3.50. The van der Waals surface area contributed by atoms with E-state index in [1.165, 1.54) is 65.0 Å². The van der Waals surface area contributed by atoms with E-state index in [1.807, 2.05) is 0 Å². The van der Waals surface area contributed by atoms with Crippen LogP contribution in [0, 0.1) is 5.92 Å². The van der Waals surface area contributed by atoms with Gasteiger partial charge in [-0.15, -0.1) is 0 Å². The molecule has 3 heteroatoms. The molecule has 1 N–H and O–H groups in total.